The first-order chi connectivity index (χ1) is 13.4. The molecule has 0 saturated carbocycles. The van der Waals surface area contributed by atoms with E-state index >= 15 is 0 Å². The molecule has 0 fully saturated rings. The number of likely N-dealkylation sites (N-methyl/N-ethyl adjacent to an activating group) is 1. The number of benzene rings is 1. The Balaban J connectivity index is 0.00000420. The SMILES string of the molecule is CN=C(NCc1cccc(C(=O)NCCN(C)C)c1)N(C)Cc1csc(C)n1.I. The maximum atomic E-state index is 12.3. The van der Waals surface area contributed by atoms with Gasteiger partial charge in [-0.3, -0.25) is 9.79 Å². The van der Waals surface area contributed by atoms with Gasteiger partial charge < -0.3 is 20.4 Å². The molecule has 2 N–H and O–H groups in total. The summed E-state index contributed by atoms with van der Waals surface area (Å²) >= 11 is 1.65. The lowest BCUT2D eigenvalue weighted by atomic mass is 10.1. The number of nitrogens with zero attached hydrogens (tertiary/aromatic N) is 4. The van der Waals surface area contributed by atoms with E-state index in [0.29, 0.717) is 25.2 Å². The van der Waals surface area contributed by atoms with Gasteiger partial charge in [-0.25, -0.2) is 4.98 Å². The number of carbonyl (C=O) groups excluding carboxylic acids is 1. The molecule has 0 aliphatic carbocycles. The number of thiazole rings is 1. The van der Waals surface area contributed by atoms with Gasteiger partial charge in [0.2, 0.25) is 0 Å². The lowest BCUT2D eigenvalue weighted by Gasteiger charge is -2.21. The second-order valence-electron chi connectivity index (χ2n) is 6.87. The Bertz CT molecular complexity index is 808. The lowest BCUT2D eigenvalue weighted by Crippen LogP contribution is -2.38. The third kappa shape index (κ3) is 8.67. The number of guanidine groups is 1. The minimum absolute atomic E-state index is 0. The van der Waals surface area contributed by atoms with Crippen LogP contribution in [-0.4, -0.2) is 67.9 Å². The summed E-state index contributed by atoms with van der Waals surface area (Å²) < 4.78 is 0. The summed E-state index contributed by atoms with van der Waals surface area (Å²) in [6, 6.07) is 7.65. The van der Waals surface area contributed by atoms with Crippen molar-refractivity contribution in [2.75, 3.05) is 41.3 Å². The number of hydrogen-bond acceptors (Lipinski definition) is 5. The Morgan fingerprint density at radius 1 is 1.24 bits per heavy atom. The first-order valence-corrected chi connectivity index (χ1v) is 10.1. The van der Waals surface area contributed by atoms with Crippen molar-refractivity contribution in [1.29, 1.82) is 0 Å². The van der Waals surface area contributed by atoms with Crippen LogP contribution >= 0.6 is 35.3 Å². The van der Waals surface area contributed by atoms with Gasteiger partial charge in [-0.05, 0) is 38.7 Å². The zero-order valence-corrected chi connectivity index (χ0v) is 20.9. The largest absolute Gasteiger partial charge is 0.352 e. The number of aryl methyl sites for hydroxylation is 1. The monoisotopic (exact) mass is 530 g/mol. The Labute approximate surface area is 194 Å². The first kappa shape index (κ1) is 25.3. The van der Waals surface area contributed by atoms with E-state index in [0.717, 1.165) is 28.8 Å². The molecule has 2 rings (SSSR count). The highest BCUT2D eigenvalue weighted by Gasteiger charge is 2.10. The smallest absolute Gasteiger partial charge is 0.251 e. The molecule has 29 heavy (non-hydrogen) atoms. The fraction of sp³-hybridized carbons (Fsp3) is 0.450. The first-order valence-electron chi connectivity index (χ1n) is 9.23. The molecule has 1 amide bonds. The normalized spacial score (nSPS) is 11.2. The van der Waals surface area contributed by atoms with E-state index in [1.165, 1.54) is 0 Å². The van der Waals surface area contributed by atoms with Gasteiger partial charge in [0.05, 0.1) is 17.2 Å². The summed E-state index contributed by atoms with van der Waals surface area (Å²) in [7, 11) is 7.72. The van der Waals surface area contributed by atoms with E-state index in [1.54, 1.807) is 18.4 Å². The molecular weight excluding hydrogens is 499 g/mol. The zero-order valence-electron chi connectivity index (χ0n) is 17.7. The average Bonchev–Trinajstić information content (AvgIpc) is 3.06. The van der Waals surface area contributed by atoms with Crippen LogP contribution in [0.2, 0.25) is 0 Å². The van der Waals surface area contributed by atoms with Crippen molar-refractivity contribution in [3.05, 3.63) is 51.5 Å². The topological polar surface area (TPSA) is 72.9 Å². The minimum atomic E-state index is -0.0518. The molecule has 1 aromatic heterocycles. The molecule has 1 aromatic carbocycles. The molecule has 0 radical (unpaired) electrons. The molecule has 1 heterocycles. The molecule has 0 aliphatic rings. The van der Waals surface area contributed by atoms with Crippen LogP contribution in [0, 0.1) is 6.92 Å². The van der Waals surface area contributed by atoms with Crippen LogP contribution < -0.4 is 10.6 Å². The Hall–Kier alpha value is -1.72. The number of halogens is 1. The van der Waals surface area contributed by atoms with Crippen molar-refractivity contribution in [1.82, 2.24) is 25.4 Å². The van der Waals surface area contributed by atoms with Crippen LogP contribution in [0.15, 0.2) is 34.6 Å². The van der Waals surface area contributed by atoms with E-state index in [2.05, 4.69) is 26.0 Å². The molecule has 0 aliphatic heterocycles. The van der Waals surface area contributed by atoms with Crippen LogP contribution in [0.3, 0.4) is 0 Å². The maximum Gasteiger partial charge on any atom is 0.251 e. The van der Waals surface area contributed by atoms with Gasteiger partial charge in [-0.15, -0.1) is 35.3 Å². The molecule has 0 unspecified atom stereocenters. The Morgan fingerprint density at radius 3 is 2.62 bits per heavy atom. The number of carbonyl (C=O) groups is 1. The third-order valence-corrected chi connectivity index (χ3v) is 4.95. The van der Waals surface area contributed by atoms with Crippen LogP contribution in [-0.2, 0) is 13.1 Å². The average molecular weight is 530 g/mol. The maximum absolute atomic E-state index is 12.3. The summed E-state index contributed by atoms with van der Waals surface area (Å²) in [5.74, 6) is 0.732. The van der Waals surface area contributed by atoms with Crippen LogP contribution in [0.4, 0.5) is 0 Å². The van der Waals surface area contributed by atoms with Gasteiger partial charge >= 0.3 is 0 Å². The quantitative estimate of drug-likeness (QED) is 0.312. The summed E-state index contributed by atoms with van der Waals surface area (Å²) in [5, 5.41) is 9.42. The van der Waals surface area contributed by atoms with Gasteiger partial charge in [0.25, 0.3) is 5.91 Å². The highest BCUT2D eigenvalue weighted by Crippen LogP contribution is 2.10. The zero-order chi connectivity index (χ0) is 20.5. The van der Waals surface area contributed by atoms with Crippen molar-refractivity contribution in [3.8, 4) is 0 Å². The van der Waals surface area contributed by atoms with Gasteiger partial charge in [-0.2, -0.15) is 0 Å². The molecule has 0 bridgehead atoms. The van der Waals surface area contributed by atoms with Crippen molar-refractivity contribution in [2.45, 2.75) is 20.0 Å². The Morgan fingerprint density at radius 2 is 2.00 bits per heavy atom. The molecule has 160 valence electrons. The lowest BCUT2D eigenvalue weighted by molar-refractivity contribution is 0.0951. The molecule has 0 saturated heterocycles. The molecular formula is C20H31IN6OS. The minimum Gasteiger partial charge on any atom is -0.352 e. The van der Waals surface area contributed by atoms with E-state index in [1.807, 2.05) is 62.1 Å². The van der Waals surface area contributed by atoms with E-state index in [4.69, 9.17) is 0 Å². The molecule has 9 heteroatoms. The summed E-state index contributed by atoms with van der Waals surface area (Å²) in [5.41, 5.74) is 2.73. The highest BCUT2D eigenvalue weighted by molar-refractivity contribution is 14.0. The van der Waals surface area contributed by atoms with E-state index in [9.17, 15) is 4.79 Å². The second kappa shape index (κ2) is 12.8. The third-order valence-electron chi connectivity index (χ3n) is 4.12. The van der Waals surface area contributed by atoms with Gasteiger partial charge in [0.15, 0.2) is 5.96 Å². The van der Waals surface area contributed by atoms with Crippen molar-refractivity contribution >= 4 is 47.2 Å². The van der Waals surface area contributed by atoms with Crippen LogP contribution in [0.1, 0.15) is 26.6 Å². The fourth-order valence-corrected chi connectivity index (χ4v) is 3.29. The molecule has 2 aromatic rings. The predicted octanol–water partition coefficient (Wildman–Crippen LogP) is 2.57. The number of rotatable bonds is 8. The number of nitrogens with one attached hydrogen (secondary N) is 2. The predicted molar refractivity (Wildman–Crippen MR) is 131 cm³/mol. The van der Waals surface area contributed by atoms with Crippen LogP contribution in [0.25, 0.3) is 0 Å². The number of aliphatic imine (C=N–C) groups is 1. The number of aromatic nitrogens is 1. The van der Waals surface area contributed by atoms with Crippen molar-refractivity contribution in [2.24, 2.45) is 4.99 Å². The highest BCUT2D eigenvalue weighted by atomic mass is 127. The summed E-state index contributed by atoms with van der Waals surface area (Å²) in [6.07, 6.45) is 0. The van der Waals surface area contributed by atoms with Gasteiger partial charge in [0.1, 0.15) is 0 Å². The summed E-state index contributed by atoms with van der Waals surface area (Å²) in [6.45, 7) is 4.73. The van der Waals surface area contributed by atoms with Gasteiger partial charge in [-0.1, -0.05) is 12.1 Å². The van der Waals surface area contributed by atoms with Crippen molar-refractivity contribution in [3.63, 3.8) is 0 Å². The van der Waals surface area contributed by atoms with E-state index < -0.39 is 0 Å². The number of hydrogen-bond donors (Lipinski definition) is 2. The van der Waals surface area contributed by atoms with Crippen molar-refractivity contribution < 1.29 is 4.79 Å². The standard InChI is InChI=1S/C20H30N6OS.HI/c1-15-24-18(14-28-15)13-26(5)20(21-2)23-12-16-7-6-8-17(11-16)19(27)22-9-10-25(3)4;/h6-8,11,14H,9-10,12-13H2,1-5H3,(H,21,23)(H,22,27);1H. The van der Waals surface area contributed by atoms with Crippen LogP contribution in [0.5, 0.6) is 0 Å². The van der Waals surface area contributed by atoms with E-state index in [-0.39, 0.29) is 29.9 Å². The molecule has 0 spiro atoms. The fourth-order valence-electron chi connectivity index (χ4n) is 2.68. The Kier molecular flexibility index (Phi) is 11.1. The molecule has 7 nitrogen and oxygen atoms in total. The van der Waals surface area contributed by atoms with Gasteiger partial charge in [0, 0.05) is 44.7 Å². The number of amides is 1. The second-order valence-corrected chi connectivity index (χ2v) is 7.94. The molecule has 0 atom stereocenters. The summed E-state index contributed by atoms with van der Waals surface area (Å²) in [4.78, 5) is 25.2.